The molecular weight excluding hydrogens is 321 g/mol. The molecule has 1 aliphatic rings. The lowest BCUT2D eigenvalue weighted by molar-refractivity contribution is -0.137. The lowest BCUT2D eigenvalue weighted by Crippen LogP contribution is -2.42. The normalized spacial score (nSPS) is 21.5. The maximum absolute atomic E-state index is 12.5. The Kier molecular flexibility index (Phi) is 5.88. The molecule has 0 aliphatic heterocycles. The van der Waals surface area contributed by atoms with E-state index in [1.807, 2.05) is 19.1 Å². The summed E-state index contributed by atoms with van der Waals surface area (Å²) in [5, 5.41) is 14.5. The van der Waals surface area contributed by atoms with Crippen LogP contribution in [0.2, 0.25) is 0 Å². The number of aliphatic hydroxyl groups excluding tert-OH is 1. The second kappa shape index (κ2) is 7.70. The summed E-state index contributed by atoms with van der Waals surface area (Å²) in [4.78, 5) is 11.8. The zero-order valence-electron chi connectivity index (χ0n) is 13.3. The number of benzene rings is 1. The van der Waals surface area contributed by atoms with Crippen LogP contribution in [-0.2, 0) is 6.18 Å². The van der Waals surface area contributed by atoms with Crippen molar-refractivity contribution in [3.05, 3.63) is 47.5 Å². The molecule has 2 amide bonds. The largest absolute Gasteiger partial charge is 0.416 e. The highest BCUT2D eigenvalue weighted by molar-refractivity contribution is 5.74. The highest BCUT2D eigenvalue weighted by atomic mass is 19.4. The molecule has 4 nitrogen and oxygen atoms in total. The molecule has 0 radical (unpaired) electrons. The number of nitrogens with one attached hydrogen (secondary N) is 2. The molecule has 0 heterocycles. The van der Waals surface area contributed by atoms with Crippen LogP contribution in [0.4, 0.5) is 18.0 Å². The molecule has 3 N–H and O–H groups in total. The molecule has 0 bridgehead atoms. The van der Waals surface area contributed by atoms with Gasteiger partial charge in [-0.25, -0.2) is 4.79 Å². The molecular formula is C17H21F3N2O2. The molecule has 1 aliphatic carbocycles. The fraction of sp³-hybridized carbons (Fsp3) is 0.471. The zero-order chi connectivity index (χ0) is 17.7. The smallest absolute Gasteiger partial charge is 0.396 e. The zero-order valence-corrected chi connectivity index (χ0v) is 13.3. The fourth-order valence-electron chi connectivity index (χ4n) is 2.60. The SMILES string of the molecule is C[C@H](CNC(=O)N[C@@H]1C=C[C@H](CO)C1)c1ccc(C(F)(F)F)cc1. The highest BCUT2D eigenvalue weighted by Gasteiger charge is 2.30. The lowest BCUT2D eigenvalue weighted by atomic mass is 10.00. The highest BCUT2D eigenvalue weighted by Crippen LogP contribution is 2.30. The van der Waals surface area contributed by atoms with Crippen molar-refractivity contribution in [1.82, 2.24) is 10.6 Å². The summed E-state index contributed by atoms with van der Waals surface area (Å²) in [7, 11) is 0. The fourth-order valence-corrected chi connectivity index (χ4v) is 2.60. The number of alkyl halides is 3. The summed E-state index contributed by atoms with van der Waals surface area (Å²) < 4.78 is 37.6. The number of urea groups is 1. The average molecular weight is 342 g/mol. The van der Waals surface area contributed by atoms with E-state index in [2.05, 4.69) is 10.6 Å². The molecule has 0 saturated heterocycles. The van der Waals surface area contributed by atoms with Gasteiger partial charge in [0.15, 0.2) is 0 Å². The van der Waals surface area contributed by atoms with Gasteiger partial charge in [0.1, 0.15) is 0 Å². The first-order chi connectivity index (χ1) is 11.3. The maximum atomic E-state index is 12.5. The van der Waals surface area contributed by atoms with Crippen molar-refractivity contribution in [3.63, 3.8) is 0 Å². The van der Waals surface area contributed by atoms with Crippen LogP contribution in [0, 0.1) is 5.92 Å². The first-order valence-corrected chi connectivity index (χ1v) is 7.80. The standard InChI is InChI=1S/C17H21F3N2O2/c1-11(13-3-5-14(6-4-13)17(18,19)20)9-21-16(24)22-15-7-2-12(8-15)10-23/h2-7,11-12,15,23H,8-10H2,1H3,(H2,21,22,24)/t11-,12+,15-/m1/s1. The molecule has 0 saturated carbocycles. The Morgan fingerprint density at radius 1 is 1.29 bits per heavy atom. The third-order valence-corrected chi connectivity index (χ3v) is 4.10. The van der Waals surface area contributed by atoms with Gasteiger partial charge in [0.2, 0.25) is 0 Å². The van der Waals surface area contributed by atoms with Crippen molar-refractivity contribution in [1.29, 1.82) is 0 Å². The van der Waals surface area contributed by atoms with Gasteiger partial charge in [-0.2, -0.15) is 13.2 Å². The van der Waals surface area contributed by atoms with Crippen molar-refractivity contribution in [2.75, 3.05) is 13.2 Å². The van der Waals surface area contributed by atoms with Crippen LogP contribution in [0.15, 0.2) is 36.4 Å². The van der Waals surface area contributed by atoms with Gasteiger partial charge in [-0.05, 0) is 30.0 Å². The summed E-state index contributed by atoms with van der Waals surface area (Å²) in [5.41, 5.74) is 0.0417. The average Bonchev–Trinajstić information content (AvgIpc) is 2.99. The molecule has 0 spiro atoms. The van der Waals surface area contributed by atoms with Crippen LogP contribution in [-0.4, -0.2) is 30.3 Å². The first kappa shape index (κ1) is 18.3. The number of hydrogen-bond donors (Lipinski definition) is 3. The Morgan fingerprint density at radius 3 is 2.50 bits per heavy atom. The Bertz CT molecular complexity index is 584. The first-order valence-electron chi connectivity index (χ1n) is 7.80. The molecule has 0 aromatic heterocycles. The van der Waals surface area contributed by atoms with Crippen LogP contribution in [0.1, 0.15) is 30.4 Å². The molecule has 24 heavy (non-hydrogen) atoms. The molecule has 0 unspecified atom stereocenters. The molecule has 132 valence electrons. The van der Waals surface area contributed by atoms with Gasteiger partial charge >= 0.3 is 12.2 Å². The molecule has 2 rings (SSSR count). The second-order valence-electron chi connectivity index (χ2n) is 6.04. The summed E-state index contributed by atoms with van der Waals surface area (Å²) in [6.07, 6.45) is 0.0367. The van der Waals surface area contributed by atoms with E-state index in [4.69, 9.17) is 5.11 Å². The van der Waals surface area contributed by atoms with Gasteiger partial charge in [-0.3, -0.25) is 0 Å². The van der Waals surface area contributed by atoms with E-state index >= 15 is 0 Å². The van der Waals surface area contributed by atoms with Crippen LogP contribution in [0.3, 0.4) is 0 Å². The Balaban J connectivity index is 1.79. The van der Waals surface area contributed by atoms with Gasteiger partial charge < -0.3 is 15.7 Å². The van der Waals surface area contributed by atoms with Crippen LogP contribution < -0.4 is 10.6 Å². The molecule has 3 atom stereocenters. The van der Waals surface area contributed by atoms with Crippen molar-refractivity contribution >= 4 is 6.03 Å². The van der Waals surface area contributed by atoms with E-state index in [1.54, 1.807) is 0 Å². The third kappa shape index (κ3) is 4.99. The van der Waals surface area contributed by atoms with E-state index < -0.39 is 11.7 Å². The van der Waals surface area contributed by atoms with Crippen LogP contribution in [0.5, 0.6) is 0 Å². The summed E-state index contributed by atoms with van der Waals surface area (Å²) in [5.74, 6) is -0.0382. The van der Waals surface area contributed by atoms with E-state index in [-0.39, 0.29) is 30.5 Å². The molecule has 1 aromatic rings. The second-order valence-corrected chi connectivity index (χ2v) is 6.04. The minimum atomic E-state index is -4.35. The molecule has 0 fully saturated rings. The monoisotopic (exact) mass is 342 g/mol. The predicted molar refractivity (Wildman–Crippen MR) is 84.5 cm³/mol. The topological polar surface area (TPSA) is 61.4 Å². The predicted octanol–water partition coefficient (Wildman–Crippen LogP) is 3.05. The number of carbonyl (C=O) groups is 1. The van der Waals surface area contributed by atoms with Crippen molar-refractivity contribution in [3.8, 4) is 0 Å². The van der Waals surface area contributed by atoms with Crippen molar-refractivity contribution < 1.29 is 23.1 Å². The Hall–Kier alpha value is -2.02. The lowest BCUT2D eigenvalue weighted by Gasteiger charge is -2.17. The van der Waals surface area contributed by atoms with Crippen LogP contribution >= 0.6 is 0 Å². The quantitative estimate of drug-likeness (QED) is 0.720. The summed E-state index contributed by atoms with van der Waals surface area (Å²) in [6, 6.07) is 4.51. The summed E-state index contributed by atoms with van der Waals surface area (Å²) >= 11 is 0. The number of rotatable bonds is 5. The molecule has 1 aromatic carbocycles. The Morgan fingerprint density at radius 2 is 1.96 bits per heavy atom. The van der Waals surface area contributed by atoms with Crippen molar-refractivity contribution in [2.45, 2.75) is 31.5 Å². The van der Waals surface area contributed by atoms with E-state index in [9.17, 15) is 18.0 Å². The van der Waals surface area contributed by atoms with Gasteiger partial charge in [-0.1, -0.05) is 31.2 Å². The van der Waals surface area contributed by atoms with E-state index in [0.717, 1.165) is 17.7 Å². The van der Waals surface area contributed by atoms with Gasteiger partial charge in [-0.15, -0.1) is 0 Å². The van der Waals surface area contributed by atoms with Crippen molar-refractivity contribution in [2.24, 2.45) is 5.92 Å². The van der Waals surface area contributed by atoms with E-state index in [0.29, 0.717) is 13.0 Å². The number of amides is 2. The van der Waals surface area contributed by atoms with Gasteiger partial charge in [0, 0.05) is 25.1 Å². The van der Waals surface area contributed by atoms with Gasteiger partial charge in [0.25, 0.3) is 0 Å². The third-order valence-electron chi connectivity index (χ3n) is 4.10. The number of halogens is 3. The maximum Gasteiger partial charge on any atom is 0.416 e. The van der Waals surface area contributed by atoms with Crippen LogP contribution in [0.25, 0.3) is 0 Å². The molecule has 7 heteroatoms. The summed E-state index contributed by atoms with van der Waals surface area (Å²) in [6.45, 7) is 2.21. The number of aliphatic hydroxyl groups is 1. The Labute approximate surface area is 138 Å². The minimum absolute atomic E-state index is 0.0568. The number of hydrogen-bond acceptors (Lipinski definition) is 2. The van der Waals surface area contributed by atoms with E-state index in [1.165, 1.54) is 12.1 Å². The van der Waals surface area contributed by atoms with Gasteiger partial charge in [0.05, 0.1) is 5.56 Å². The number of carbonyl (C=O) groups excluding carboxylic acids is 1. The minimum Gasteiger partial charge on any atom is -0.396 e.